The smallest absolute Gasteiger partial charge is 0.354 e. The van der Waals surface area contributed by atoms with Crippen LogP contribution >= 0.6 is 23.2 Å². The van der Waals surface area contributed by atoms with Gasteiger partial charge in [0.05, 0.1) is 51.6 Å². The van der Waals surface area contributed by atoms with Gasteiger partial charge in [0.1, 0.15) is 0 Å². The first kappa shape index (κ1) is 27.4. The maximum Gasteiger partial charge on any atom is 0.416 e. The molecule has 4 rings (SSSR count). The van der Waals surface area contributed by atoms with Gasteiger partial charge < -0.3 is 5.32 Å². The van der Waals surface area contributed by atoms with E-state index in [1.165, 1.54) is 30.0 Å². The third-order valence-electron chi connectivity index (χ3n) is 6.04. The molecule has 1 N–H and O–H groups in total. The van der Waals surface area contributed by atoms with Gasteiger partial charge >= 0.3 is 6.18 Å². The number of aromatic nitrogens is 2. The predicted octanol–water partition coefficient (Wildman–Crippen LogP) is 3.50. The summed E-state index contributed by atoms with van der Waals surface area (Å²) in [4.78, 5) is 30.6. The molecule has 1 fully saturated rings. The molecule has 1 aliphatic heterocycles. The number of nitrogens with one attached hydrogen (secondary N) is 1. The third kappa shape index (κ3) is 5.62. The zero-order valence-corrected chi connectivity index (χ0v) is 21.7. The predicted molar refractivity (Wildman–Crippen MR) is 133 cm³/mol. The van der Waals surface area contributed by atoms with E-state index in [1.54, 1.807) is 0 Å². The molecular weight excluding hydrogens is 556 g/mol. The van der Waals surface area contributed by atoms with Crippen LogP contribution in [0.2, 0.25) is 10.0 Å². The van der Waals surface area contributed by atoms with Crippen LogP contribution in [0, 0.1) is 0 Å². The number of rotatable bonds is 6. The summed E-state index contributed by atoms with van der Waals surface area (Å²) in [5.74, 6) is -0.512. The Morgan fingerprint density at radius 3 is 2.51 bits per heavy atom. The average Bonchev–Trinajstić information content (AvgIpc) is 2.82. The number of sulfone groups is 1. The fraction of sp³-hybridized carbons (Fsp3) is 0.348. The summed E-state index contributed by atoms with van der Waals surface area (Å²) in [5.41, 5.74) is -2.16. The van der Waals surface area contributed by atoms with Crippen LogP contribution in [0.1, 0.15) is 23.6 Å². The minimum atomic E-state index is -4.84. The quantitative estimate of drug-likeness (QED) is 0.482. The Bertz CT molecular complexity index is 1560. The maximum absolute atomic E-state index is 14.1. The number of hydrogen-bond donors (Lipinski definition) is 1. The van der Waals surface area contributed by atoms with Crippen molar-refractivity contribution in [1.82, 2.24) is 19.8 Å². The lowest BCUT2D eigenvalue weighted by Gasteiger charge is -2.28. The highest BCUT2D eigenvalue weighted by molar-refractivity contribution is 7.91. The SMILES string of the molecule is CCS(=O)(=O)c1ccc(Cl)cc1Cn1cnc2c(Cl)c(CN3CCNC(=O)C3)c(C(F)(F)F)cc2c1=O. The van der Waals surface area contributed by atoms with Gasteiger partial charge in [0.15, 0.2) is 9.84 Å². The number of benzene rings is 2. The van der Waals surface area contributed by atoms with E-state index in [9.17, 15) is 31.2 Å². The third-order valence-corrected chi connectivity index (χ3v) is 8.51. The highest BCUT2D eigenvalue weighted by Crippen LogP contribution is 2.39. The monoisotopic (exact) mass is 576 g/mol. The zero-order chi connectivity index (χ0) is 27.1. The van der Waals surface area contributed by atoms with Gasteiger partial charge in [-0.1, -0.05) is 30.1 Å². The van der Waals surface area contributed by atoms with Gasteiger partial charge in [-0.15, -0.1) is 0 Å². The Labute approximate surface area is 219 Å². The van der Waals surface area contributed by atoms with Crippen LogP contribution < -0.4 is 10.9 Å². The molecule has 1 amide bonds. The number of piperazine rings is 1. The number of amides is 1. The number of fused-ring (bicyclic) bond motifs is 1. The van der Waals surface area contributed by atoms with Crippen molar-refractivity contribution in [3.63, 3.8) is 0 Å². The molecule has 0 saturated carbocycles. The molecule has 1 aromatic heterocycles. The molecule has 14 heteroatoms. The molecule has 8 nitrogen and oxygen atoms in total. The van der Waals surface area contributed by atoms with Crippen molar-refractivity contribution >= 4 is 49.8 Å². The number of nitrogens with zero attached hydrogens (tertiary/aromatic N) is 3. The summed E-state index contributed by atoms with van der Waals surface area (Å²) in [7, 11) is -3.67. The van der Waals surface area contributed by atoms with Crippen molar-refractivity contribution < 1.29 is 26.4 Å². The van der Waals surface area contributed by atoms with Crippen LogP contribution in [-0.4, -0.2) is 54.2 Å². The summed E-state index contributed by atoms with van der Waals surface area (Å²) in [5, 5.41) is 2.12. The average molecular weight is 577 g/mol. The molecule has 2 heterocycles. The van der Waals surface area contributed by atoms with Gasteiger partial charge in [-0.3, -0.25) is 19.1 Å². The molecule has 1 aliphatic rings. The Balaban J connectivity index is 1.84. The van der Waals surface area contributed by atoms with Crippen molar-refractivity contribution in [2.75, 3.05) is 25.4 Å². The van der Waals surface area contributed by atoms with Crippen LogP contribution in [0.5, 0.6) is 0 Å². The maximum atomic E-state index is 14.1. The number of alkyl halides is 3. The van der Waals surface area contributed by atoms with Gasteiger partial charge in [0.25, 0.3) is 5.56 Å². The number of hydrogen-bond acceptors (Lipinski definition) is 6. The summed E-state index contributed by atoms with van der Waals surface area (Å²) in [6.07, 6.45) is -3.74. The van der Waals surface area contributed by atoms with Crippen LogP contribution in [0.25, 0.3) is 10.9 Å². The van der Waals surface area contributed by atoms with E-state index < -0.39 is 27.1 Å². The Hall–Kier alpha value is -2.67. The molecule has 2 aromatic carbocycles. The molecule has 0 atom stereocenters. The van der Waals surface area contributed by atoms with Crippen molar-refractivity contribution in [3.05, 3.63) is 67.7 Å². The van der Waals surface area contributed by atoms with Crippen molar-refractivity contribution in [3.8, 4) is 0 Å². The second-order valence-corrected chi connectivity index (χ2v) is 11.6. The molecular formula is C23H21Cl2F3N4O4S. The molecule has 0 radical (unpaired) electrons. The first-order chi connectivity index (χ1) is 17.3. The molecule has 3 aromatic rings. The Morgan fingerprint density at radius 1 is 1.14 bits per heavy atom. The highest BCUT2D eigenvalue weighted by Gasteiger charge is 2.36. The summed E-state index contributed by atoms with van der Waals surface area (Å²) >= 11 is 12.4. The molecule has 0 spiro atoms. The van der Waals surface area contributed by atoms with E-state index in [2.05, 4.69) is 10.3 Å². The van der Waals surface area contributed by atoms with Crippen molar-refractivity contribution in [2.24, 2.45) is 0 Å². The van der Waals surface area contributed by atoms with Gasteiger partial charge in [-0.25, -0.2) is 13.4 Å². The minimum Gasteiger partial charge on any atom is -0.354 e. The second-order valence-electron chi connectivity index (χ2n) is 8.50. The summed E-state index contributed by atoms with van der Waals surface area (Å²) < 4.78 is 68.3. The molecule has 37 heavy (non-hydrogen) atoms. The molecule has 0 bridgehead atoms. The van der Waals surface area contributed by atoms with Gasteiger partial charge in [0, 0.05) is 24.7 Å². The standard InChI is InChI=1S/C23H21Cl2F3N4O4S/c1-2-37(35,36)18-4-3-14(24)7-13(18)9-32-12-30-21-15(22(32)34)8-17(23(26,27)28)16(20(21)25)10-31-6-5-29-19(33)11-31/h3-4,7-8,12H,2,5-6,9-11H2,1H3,(H,29,33). The molecule has 198 valence electrons. The second kappa shape index (κ2) is 10.2. The lowest BCUT2D eigenvalue weighted by molar-refractivity contribution is -0.138. The highest BCUT2D eigenvalue weighted by atomic mass is 35.5. The van der Waals surface area contributed by atoms with Gasteiger partial charge in [-0.2, -0.15) is 13.2 Å². The first-order valence-corrected chi connectivity index (χ1v) is 13.5. The van der Waals surface area contributed by atoms with E-state index in [-0.39, 0.29) is 74.8 Å². The van der Waals surface area contributed by atoms with Crippen LogP contribution in [0.3, 0.4) is 0 Å². The lowest BCUT2D eigenvalue weighted by atomic mass is 10.0. The molecule has 0 aliphatic carbocycles. The van der Waals surface area contributed by atoms with E-state index in [1.807, 2.05) is 0 Å². The van der Waals surface area contributed by atoms with Crippen LogP contribution in [0.4, 0.5) is 13.2 Å². The van der Waals surface area contributed by atoms with Crippen molar-refractivity contribution in [1.29, 1.82) is 0 Å². The summed E-state index contributed by atoms with van der Waals surface area (Å²) in [6, 6.07) is 4.81. The molecule has 1 saturated heterocycles. The topological polar surface area (TPSA) is 101 Å². The fourth-order valence-electron chi connectivity index (χ4n) is 4.19. The van der Waals surface area contributed by atoms with E-state index in [4.69, 9.17) is 23.2 Å². The number of carbonyl (C=O) groups is 1. The normalized spacial score (nSPS) is 15.2. The Morgan fingerprint density at radius 2 is 1.86 bits per heavy atom. The lowest BCUT2D eigenvalue weighted by Crippen LogP contribution is -2.47. The van der Waals surface area contributed by atoms with Gasteiger partial charge in [-0.05, 0) is 35.4 Å². The number of halogens is 5. The zero-order valence-electron chi connectivity index (χ0n) is 19.4. The van der Waals surface area contributed by atoms with Crippen LogP contribution in [-0.2, 0) is 33.9 Å². The van der Waals surface area contributed by atoms with Crippen molar-refractivity contribution in [2.45, 2.75) is 31.1 Å². The molecule has 0 unspecified atom stereocenters. The van der Waals surface area contributed by atoms with E-state index in [0.717, 1.165) is 10.9 Å². The summed E-state index contributed by atoms with van der Waals surface area (Å²) in [6.45, 7) is 1.43. The van der Waals surface area contributed by atoms with Gasteiger partial charge in [0.2, 0.25) is 5.91 Å². The number of carbonyl (C=O) groups excluding carboxylic acids is 1. The first-order valence-electron chi connectivity index (χ1n) is 11.1. The minimum absolute atomic E-state index is 0.0404. The van der Waals surface area contributed by atoms with Crippen LogP contribution in [0.15, 0.2) is 40.3 Å². The fourth-order valence-corrected chi connectivity index (χ4v) is 5.80. The van der Waals surface area contributed by atoms with E-state index >= 15 is 0 Å². The largest absolute Gasteiger partial charge is 0.416 e. The Kier molecular flexibility index (Phi) is 7.57. The van der Waals surface area contributed by atoms with E-state index in [0.29, 0.717) is 12.6 Å².